The van der Waals surface area contributed by atoms with E-state index >= 15 is 0 Å². The minimum atomic E-state index is -3.45. The maximum atomic E-state index is 12.3. The molecule has 1 aliphatic carbocycles. The maximum absolute atomic E-state index is 12.3. The molecule has 2 N–H and O–H groups in total. The molecule has 0 spiro atoms. The Morgan fingerprint density at radius 3 is 2.50 bits per heavy atom. The molecule has 0 saturated heterocycles. The fourth-order valence-corrected chi connectivity index (χ4v) is 4.15. The van der Waals surface area contributed by atoms with Crippen molar-refractivity contribution in [3.05, 3.63) is 29.8 Å². The first-order valence-corrected chi connectivity index (χ1v) is 9.62. The molecular weight excluding hydrogens is 298 g/mol. The zero-order valence-electron chi connectivity index (χ0n) is 13.5. The van der Waals surface area contributed by atoms with Crippen molar-refractivity contribution >= 4 is 10.0 Å². The standard InChI is InChI=1S/C17H27NO3S/c1-13(2)10-14-6-8-17(9-7-14)22(20,21)18-12-15-4-3-5-16(19)11-15/h6-9,13,15-16,18-19H,3-5,10-12H2,1-2H3. The fourth-order valence-electron chi connectivity index (χ4n) is 3.04. The van der Waals surface area contributed by atoms with Crippen LogP contribution in [0.1, 0.15) is 45.1 Å². The topological polar surface area (TPSA) is 66.4 Å². The van der Waals surface area contributed by atoms with E-state index < -0.39 is 10.0 Å². The van der Waals surface area contributed by atoms with Crippen molar-refractivity contribution in [2.75, 3.05) is 6.54 Å². The van der Waals surface area contributed by atoms with E-state index in [0.717, 1.165) is 31.2 Å². The quantitative estimate of drug-likeness (QED) is 0.845. The van der Waals surface area contributed by atoms with Crippen LogP contribution in [0.25, 0.3) is 0 Å². The molecule has 2 rings (SSSR count). The summed E-state index contributed by atoms with van der Waals surface area (Å²) in [7, 11) is -3.45. The van der Waals surface area contributed by atoms with Crippen molar-refractivity contribution in [1.82, 2.24) is 4.72 Å². The van der Waals surface area contributed by atoms with Crippen molar-refractivity contribution < 1.29 is 13.5 Å². The molecule has 1 aliphatic rings. The summed E-state index contributed by atoms with van der Waals surface area (Å²) in [6, 6.07) is 7.13. The molecule has 4 nitrogen and oxygen atoms in total. The van der Waals surface area contributed by atoms with E-state index in [-0.39, 0.29) is 12.0 Å². The van der Waals surface area contributed by atoms with Gasteiger partial charge >= 0.3 is 0 Å². The second kappa shape index (κ2) is 7.57. The molecule has 0 bridgehead atoms. The van der Waals surface area contributed by atoms with E-state index in [2.05, 4.69) is 18.6 Å². The van der Waals surface area contributed by atoms with E-state index in [4.69, 9.17) is 0 Å². The van der Waals surface area contributed by atoms with Crippen LogP contribution in [0.15, 0.2) is 29.2 Å². The Kier molecular flexibility index (Phi) is 6.01. The minimum Gasteiger partial charge on any atom is -0.393 e. The Hall–Kier alpha value is -0.910. The molecule has 5 heteroatoms. The van der Waals surface area contributed by atoms with Gasteiger partial charge in [0.1, 0.15) is 0 Å². The largest absolute Gasteiger partial charge is 0.393 e. The van der Waals surface area contributed by atoms with E-state index in [0.29, 0.717) is 23.8 Å². The van der Waals surface area contributed by atoms with E-state index in [1.807, 2.05) is 12.1 Å². The van der Waals surface area contributed by atoms with Gasteiger partial charge < -0.3 is 5.11 Å². The lowest BCUT2D eigenvalue weighted by molar-refractivity contribution is 0.102. The summed E-state index contributed by atoms with van der Waals surface area (Å²) in [5, 5.41) is 9.65. The zero-order valence-corrected chi connectivity index (χ0v) is 14.3. The van der Waals surface area contributed by atoms with Crippen molar-refractivity contribution in [2.45, 2.75) is 57.0 Å². The van der Waals surface area contributed by atoms with Crippen LogP contribution in [0.4, 0.5) is 0 Å². The summed E-state index contributed by atoms with van der Waals surface area (Å²) >= 11 is 0. The number of aliphatic hydroxyl groups excluding tert-OH is 1. The highest BCUT2D eigenvalue weighted by molar-refractivity contribution is 7.89. The van der Waals surface area contributed by atoms with Crippen LogP contribution in [0.5, 0.6) is 0 Å². The van der Waals surface area contributed by atoms with Gasteiger partial charge in [-0.1, -0.05) is 32.4 Å². The van der Waals surface area contributed by atoms with Crippen LogP contribution in [0.2, 0.25) is 0 Å². The Morgan fingerprint density at radius 2 is 1.91 bits per heavy atom. The van der Waals surface area contributed by atoms with Crippen LogP contribution in [0, 0.1) is 11.8 Å². The number of sulfonamides is 1. The van der Waals surface area contributed by atoms with Crippen molar-refractivity contribution in [1.29, 1.82) is 0 Å². The lowest BCUT2D eigenvalue weighted by Crippen LogP contribution is -2.33. The lowest BCUT2D eigenvalue weighted by Gasteiger charge is -2.25. The van der Waals surface area contributed by atoms with Gasteiger partial charge in [0.2, 0.25) is 10.0 Å². The molecule has 1 aromatic carbocycles. The second-order valence-electron chi connectivity index (χ2n) is 6.78. The summed E-state index contributed by atoms with van der Waals surface area (Å²) in [5.41, 5.74) is 1.16. The van der Waals surface area contributed by atoms with Crippen molar-refractivity contribution in [3.63, 3.8) is 0 Å². The third kappa shape index (κ3) is 5.07. The van der Waals surface area contributed by atoms with Crippen LogP contribution in [-0.4, -0.2) is 26.2 Å². The number of benzene rings is 1. The molecule has 0 aromatic heterocycles. The van der Waals surface area contributed by atoms with Gasteiger partial charge in [0.25, 0.3) is 0 Å². The van der Waals surface area contributed by atoms with Gasteiger partial charge in [-0.15, -0.1) is 0 Å². The average molecular weight is 325 g/mol. The molecule has 2 unspecified atom stereocenters. The maximum Gasteiger partial charge on any atom is 0.240 e. The van der Waals surface area contributed by atoms with Crippen LogP contribution in [-0.2, 0) is 16.4 Å². The minimum absolute atomic E-state index is 0.235. The van der Waals surface area contributed by atoms with Crippen LogP contribution in [0.3, 0.4) is 0 Å². The van der Waals surface area contributed by atoms with Crippen LogP contribution < -0.4 is 4.72 Å². The molecule has 0 radical (unpaired) electrons. The summed E-state index contributed by atoms with van der Waals surface area (Å²) in [5.74, 6) is 0.789. The summed E-state index contributed by atoms with van der Waals surface area (Å²) in [6.45, 7) is 4.70. The Balaban J connectivity index is 1.94. The molecule has 1 fully saturated rings. The normalized spacial score (nSPS) is 22.9. The third-order valence-corrected chi connectivity index (χ3v) is 5.63. The highest BCUT2D eigenvalue weighted by atomic mass is 32.2. The van der Waals surface area contributed by atoms with E-state index in [1.54, 1.807) is 12.1 Å². The van der Waals surface area contributed by atoms with Gasteiger partial charge in [0, 0.05) is 6.54 Å². The van der Waals surface area contributed by atoms with Gasteiger partial charge in [0.05, 0.1) is 11.0 Å². The highest BCUT2D eigenvalue weighted by Crippen LogP contribution is 2.24. The van der Waals surface area contributed by atoms with Gasteiger partial charge in [-0.2, -0.15) is 0 Å². The molecule has 2 atom stereocenters. The summed E-state index contributed by atoms with van der Waals surface area (Å²) in [6.07, 6.45) is 4.15. The number of nitrogens with one attached hydrogen (secondary N) is 1. The first-order chi connectivity index (χ1) is 10.4. The molecule has 124 valence electrons. The third-order valence-electron chi connectivity index (χ3n) is 4.19. The van der Waals surface area contributed by atoms with Gasteiger partial charge in [-0.3, -0.25) is 0 Å². The fraction of sp³-hybridized carbons (Fsp3) is 0.647. The lowest BCUT2D eigenvalue weighted by atomic mass is 9.87. The van der Waals surface area contributed by atoms with E-state index in [1.165, 1.54) is 0 Å². The SMILES string of the molecule is CC(C)Cc1ccc(S(=O)(=O)NCC2CCCC(O)C2)cc1. The van der Waals surface area contributed by atoms with Gasteiger partial charge in [0.15, 0.2) is 0 Å². The molecule has 1 saturated carbocycles. The Bertz CT molecular complexity index is 566. The Labute approximate surface area is 134 Å². The smallest absolute Gasteiger partial charge is 0.240 e. The van der Waals surface area contributed by atoms with Crippen molar-refractivity contribution in [3.8, 4) is 0 Å². The number of aliphatic hydroxyl groups is 1. The molecule has 0 amide bonds. The average Bonchev–Trinajstić information content (AvgIpc) is 2.45. The number of rotatable bonds is 6. The Morgan fingerprint density at radius 1 is 1.23 bits per heavy atom. The first kappa shape index (κ1) is 17.4. The summed E-state index contributed by atoms with van der Waals surface area (Å²) < 4.78 is 27.3. The number of hydrogen-bond acceptors (Lipinski definition) is 3. The van der Waals surface area contributed by atoms with Gasteiger partial charge in [-0.25, -0.2) is 13.1 Å². The molecular formula is C17H27NO3S. The molecule has 0 heterocycles. The molecule has 22 heavy (non-hydrogen) atoms. The van der Waals surface area contributed by atoms with Crippen molar-refractivity contribution in [2.24, 2.45) is 11.8 Å². The van der Waals surface area contributed by atoms with Crippen LogP contribution >= 0.6 is 0 Å². The first-order valence-electron chi connectivity index (χ1n) is 8.13. The predicted molar refractivity (Wildman–Crippen MR) is 88.1 cm³/mol. The summed E-state index contributed by atoms with van der Waals surface area (Å²) in [4.78, 5) is 0.316. The highest BCUT2D eigenvalue weighted by Gasteiger charge is 2.22. The molecule has 1 aromatic rings. The monoisotopic (exact) mass is 325 g/mol. The second-order valence-corrected chi connectivity index (χ2v) is 8.55. The zero-order chi connectivity index (χ0) is 16.2. The predicted octanol–water partition coefficient (Wildman–Crippen LogP) is 2.71. The molecule has 0 aliphatic heterocycles. The number of hydrogen-bond donors (Lipinski definition) is 2. The van der Waals surface area contributed by atoms with E-state index in [9.17, 15) is 13.5 Å². The van der Waals surface area contributed by atoms with Gasteiger partial charge in [-0.05, 0) is 55.2 Å².